The zero-order valence-electron chi connectivity index (χ0n) is 8.39. The molecule has 0 aliphatic heterocycles. The molecule has 0 saturated heterocycles. The van der Waals surface area contributed by atoms with Crippen molar-refractivity contribution in [1.82, 2.24) is 0 Å². The van der Waals surface area contributed by atoms with Crippen LogP contribution >= 0.6 is 0 Å². The molecular weight excluding hydrogens is 283 g/mol. The van der Waals surface area contributed by atoms with E-state index in [0.717, 1.165) is 0 Å². The monoisotopic (exact) mass is 286 g/mol. The fraction of sp³-hybridized carbons (Fsp3) is 0. The van der Waals surface area contributed by atoms with Crippen LogP contribution in [0.3, 0.4) is 0 Å². The van der Waals surface area contributed by atoms with E-state index in [1.165, 1.54) is 0 Å². The average molecular weight is 286 g/mol. The molecule has 0 radical (unpaired) electrons. The van der Waals surface area contributed by atoms with E-state index in [2.05, 4.69) is 0 Å². The summed E-state index contributed by atoms with van der Waals surface area (Å²) in [6.07, 6.45) is 0. The van der Waals surface area contributed by atoms with E-state index in [1.54, 1.807) is 0 Å². The van der Waals surface area contributed by atoms with Gasteiger partial charge in [-0.3, -0.25) is 20.2 Å². The molecule has 0 aliphatic carbocycles. The largest absolute Gasteiger partial charge is 1.00 e. The third-order valence-corrected chi connectivity index (χ3v) is 2.50. The predicted octanol–water partition coefficient (Wildman–Crippen LogP) is -2.59. The SMILES string of the molecule is O=[N+]([O-])c1ccc(S(=O)(=O)[O-])c([N+](=O)[O-])c1.[K+]. The van der Waals surface area contributed by atoms with Gasteiger partial charge >= 0.3 is 51.4 Å². The van der Waals surface area contributed by atoms with Crippen molar-refractivity contribution in [2.45, 2.75) is 4.90 Å². The minimum Gasteiger partial charge on any atom is -0.744 e. The van der Waals surface area contributed by atoms with E-state index in [9.17, 15) is 33.2 Å². The number of benzene rings is 1. The third kappa shape index (κ3) is 4.06. The normalized spacial score (nSPS) is 10.4. The Bertz CT molecular complexity index is 570. The summed E-state index contributed by atoms with van der Waals surface area (Å²) in [5.41, 5.74) is -1.77. The van der Waals surface area contributed by atoms with Crippen molar-refractivity contribution < 1.29 is 74.2 Å². The number of nitro benzene ring substituents is 2. The summed E-state index contributed by atoms with van der Waals surface area (Å²) in [4.78, 5) is 17.5. The van der Waals surface area contributed by atoms with Crippen LogP contribution < -0.4 is 51.4 Å². The van der Waals surface area contributed by atoms with Crippen molar-refractivity contribution >= 4 is 21.5 Å². The molecule has 0 N–H and O–H groups in total. The molecule has 0 aliphatic rings. The van der Waals surface area contributed by atoms with Crippen molar-refractivity contribution in [1.29, 1.82) is 0 Å². The molecule has 86 valence electrons. The zero-order valence-corrected chi connectivity index (χ0v) is 12.3. The standard InChI is InChI=1S/C6H4N2O7S.K/c9-7(10)4-1-2-6(16(13,14)15)5(3-4)8(11)12;/h1-3H,(H,13,14,15);/q;+1/p-1. The number of nitrogens with zero attached hydrogens (tertiary/aromatic N) is 2. The molecule has 0 heterocycles. The van der Waals surface area contributed by atoms with Gasteiger partial charge in [0.15, 0.2) is 0 Å². The smallest absolute Gasteiger partial charge is 0.744 e. The second-order valence-electron chi connectivity index (χ2n) is 2.62. The Kier molecular flexibility index (Phi) is 5.80. The van der Waals surface area contributed by atoms with Crippen molar-refractivity contribution in [2.24, 2.45) is 0 Å². The molecule has 0 amide bonds. The first-order valence-electron chi connectivity index (χ1n) is 3.62. The zero-order chi connectivity index (χ0) is 12.5. The molecule has 0 unspecified atom stereocenters. The number of nitro groups is 2. The molecule has 17 heavy (non-hydrogen) atoms. The second-order valence-corrected chi connectivity index (χ2v) is 3.97. The molecular formula is C6H3KN2O7S. The fourth-order valence-corrected chi connectivity index (χ4v) is 1.60. The molecule has 1 rings (SSSR count). The Morgan fingerprint density at radius 3 is 1.94 bits per heavy atom. The Morgan fingerprint density at radius 1 is 1.06 bits per heavy atom. The van der Waals surface area contributed by atoms with E-state index in [4.69, 9.17) is 0 Å². The van der Waals surface area contributed by atoms with E-state index in [0.29, 0.717) is 18.2 Å². The summed E-state index contributed by atoms with van der Waals surface area (Å²) in [5.74, 6) is 0. The summed E-state index contributed by atoms with van der Waals surface area (Å²) in [6.45, 7) is 0. The van der Waals surface area contributed by atoms with Gasteiger partial charge < -0.3 is 4.55 Å². The summed E-state index contributed by atoms with van der Waals surface area (Å²) >= 11 is 0. The molecule has 0 aromatic heterocycles. The molecule has 0 spiro atoms. The van der Waals surface area contributed by atoms with E-state index in [-0.39, 0.29) is 51.4 Å². The van der Waals surface area contributed by atoms with Crippen LogP contribution in [-0.2, 0) is 10.1 Å². The van der Waals surface area contributed by atoms with Crippen LogP contribution in [0.1, 0.15) is 0 Å². The fourth-order valence-electron chi connectivity index (χ4n) is 0.973. The first-order chi connectivity index (χ1) is 7.23. The maximum Gasteiger partial charge on any atom is 1.00 e. The molecule has 1 aromatic carbocycles. The Morgan fingerprint density at radius 2 is 1.59 bits per heavy atom. The van der Waals surface area contributed by atoms with Crippen LogP contribution in [0, 0.1) is 20.2 Å². The minimum absolute atomic E-state index is 0. The van der Waals surface area contributed by atoms with E-state index < -0.39 is 36.2 Å². The van der Waals surface area contributed by atoms with Gasteiger partial charge in [-0.25, -0.2) is 8.42 Å². The van der Waals surface area contributed by atoms with Crippen LogP contribution in [0.4, 0.5) is 11.4 Å². The third-order valence-electron chi connectivity index (χ3n) is 1.62. The molecule has 9 nitrogen and oxygen atoms in total. The van der Waals surface area contributed by atoms with Crippen LogP contribution in [0.2, 0.25) is 0 Å². The summed E-state index contributed by atoms with van der Waals surface area (Å²) in [6, 6.07) is 1.67. The average Bonchev–Trinajstić information content (AvgIpc) is 2.15. The van der Waals surface area contributed by atoms with Gasteiger partial charge in [-0.05, 0) is 6.07 Å². The van der Waals surface area contributed by atoms with Gasteiger partial charge in [0.25, 0.3) is 11.4 Å². The van der Waals surface area contributed by atoms with Crippen LogP contribution in [0.5, 0.6) is 0 Å². The van der Waals surface area contributed by atoms with E-state index in [1.807, 2.05) is 0 Å². The quantitative estimate of drug-likeness (QED) is 0.256. The van der Waals surface area contributed by atoms with Crippen LogP contribution in [0.25, 0.3) is 0 Å². The van der Waals surface area contributed by atoms with Crippen molar-refractivity contribution in [3.63, 3.8) is 0 Å². The van der Waals surface area contributed by atoms with Gasteiger partial charge in [-0.1, -0.05) is 0 Å². The molecule has 0 atom stereocenters. The first-order valence-corrected chi connectivity index (χ1v) is 5.03. The summed E-state index contributed by atoms with van der Waals surface area (Å²) < 4.78 is 31.8. The number of non-ortho nitro benzene ring substituents is 1. The van der Waals surface area contributed by atoms with Gasteiger partial charge in [0.05, 0.1) is 15.9 Å². The maximum absolute atomic E-state index is 10.6. The van der Waals surface area contributed by atoms with Gasteiger partial charge in [0.2, 0.25) is 0 Å². The predicted molar refractivity (Wildman–Crippen MR) is 47.7 cm³/mol. The van der Waals surface area contributed by atoms with Gasteiger partial charge in [-0.2, -0.15) is 0 Å². The number of rotatable bonds is 3. The Balaban J connectivity index is 0.00000256. The van der Waals surface area contributed by atoms with Crippen molar-refractivity contribution in [2.75, 3.05) is 0 Å². The topological polar surface area (TPSA) is 143 Å². The van der Waals surface area contributed by atoms with Crippen LogP contribution in [-0.4, -0.2) is 22.8 Å². The van der Waals surface area contributed by atoms with Gasteiger partial charge in [0, 0.05) is 6.07 Å². The maximum atomic E-state index is 10.6. The molecule has 1 aromatic rings. The number of hydrogen-bond donors (Lipinski definition) is 0. The Hall–Kier alpha value is -0.434. The summed E-state index contributed by atoms with van der Waals surface area (Å²) in [5, 5.41) is 20.7. The molecule has 0 fully saturated rings. The second kappa shape index (κ2) is 5.95. The molecule has 0 saturated carbocycles. The van der Waals surface area contributed by atoms with Crippen molar-refractivity contribution in [3.05, 3.63) is 38.4 Å². The van der Waals surface area contributed by atoms with Crippen LogP contribution in [0.15, 0.2) is 23.1 Å². The van der Waals surface area contributed by atoms with E-state index >= 15 is 0 Å². The van der Waals surface area contributed by atoms with Gasteiger partial charge in [-0.15, -0.1) is 0 Å². The summed E-state index contributed by atoms with van der Waals surface area (Å²) in [7, 11) is -5.04. The number of hydrogen-bond acceptors (Lipinski definition) is 7. The minimum atomic E-state index is -5.04. The molecule has 11 heteroatoms. The van der Waals surface area contributed by atoms with Gasteiger partial charge in [0.1, 0.15) is 15.0 Å². The first kappa shape index (κ1) is 16.6. The Labute approximate surface area is 137 Å². The molecule has 0 bridgehead atoms. The van der Waals surface area contributed by atoms with Crippen molar-refractivity contribution in [3.8, 4) is 0 Å².